The van der Waals surface area contributed by atoms with Crippen molar-refractivity contribution in [3.05, 3.63) is 225 Å². The third-order valence-electron chi connectivity index (χ3n) is 10.7. The molecule has 0 saturated carbocycles. The van der Waals surface area contributed by atoms with Crippen LogP contribution in [0.4, 0.5) is 34.1 Å². The Morgan fingerprint density at radius 2 is 0.877 bits per heavy atom. The van der Waals surface area contributed by atoms with Gasteiger partial charge in [0.15, 0.2) is 0 Å². The van der Waals surface area contributed by atoms with Gasteiger partial charge in [-0.3, -0.25) is 0 Å². The van der Waals surface area contributed by atoms with Crippen LogP contribution in [0, 0.1) is 27.7 Å². The molecule has 0 radical (unpaired) electrons. The number of rotatable bonds is 10. The molecule has 2 nitrogen and oxygen atoms in total. The normalized spacial score (nSPS) is 16.2. The van der Waals surface area contributed by atoms with E-state index in [2.05, 4.69) is 225 Å². The number of hydrogen-bond acceptors (Lipinski definition) is 5. The summed E-state index contributed by atoms with van der Waals surface area (Å²) in [6, 6.07) is 62.6. The fraction of sp³-hybridized carbons (Fsp3) is 0.115. The number of hydrogen-bond donors (Lipinski definition) is 0. The quantitative estimate of drug-likeness (QED) is 0.127. The van der Waals surface area contributed by atoms with Crippen LogP contribution in [0.5, 0.6) is 0 Å². The van der Waals surface area contributed by atoms with Crippen molar-refractivity contribution in [3.8, 4) is 10.4 Å². The predicted octanol–water partition coefficient (Wildman–Crippen LogP) is 15.9. The molecule has 6 aromatic carbocycles. The minimum Gasteiger partial charge on any atom is -0.311 e. The maximum Gasteiger partial charge on any atom is 0.0939 e. The van der Waals surface area contributed by atoms with Crippen LogP contribution in [0.1, 0.15) is 42.8 Å². The minimum absolute atomic E-state index is 0.250. The first-order chi connectivity index (χ1) is 27.8. The van der Waals surface area contributed by atoms with Crippen molar-refractivity contribution in [2.24, 2.45) is 0 Å². The molecule has 0 aliphatic carbocycles. The van der Waals surface area contributed by atoms with E-state index in [0.29, 0.717) is 0 Å². The van der Waals surface area contributed by atoms with Crippen molar-refractivity contribution in [1.29, 1.82) is 0 Å². The van der Waals surface area contributed by atoms with Crippen molar-refractivity contribution in [2.45, 2.75) is 37.7 Å². The van der Waals surface area contributed by atoms with Crippen LogP contribution in [0.2, 0.25) is 0 Å². The Hall–Kier alpha value is -5.59. The molecular formula is C52H44N2S3. The fourth-order valence-corrected chi connectivity index (χ4v) is 11.3. The van der Waals surface area contributed by atoms with E-state index in [-0.39, 0.29) is 10.00 Å². The van der Waals surface area contributed by atoms with Crippen LogP contribution in [0.3, 0.4) is 0 Å². The molecule has 1 aliphatic rings. The van der Waals surface area contributed by atoms with Crippen molar-refractivity contribution in [3.63, 3.8) is 0 Å². The monoisotopic (exact) mass is 792 g/mol. The first-order valence-corrected chi connectivity index (χ1v) is 22.0. The fourth-order valence-electron chi connectivity index (χ4n) is 7.55. The Kier molecular flexibility index (Phi) is 10.2. The summed E-state index contributed by atoms with van der Waals surface area (Å²) in [5, 5.41) is 2.45. The summed E-state index contributed by atoms with van der Waals surface area (Å²) in [7, 11) is 0. The van der Waals surface area contributed by atoms with Gasteiger partial charge in [0.25, 0.3) is 0 Å². The Balaban J connectivity index is 0.984. The lowest BCUT2D eigenvalue weighted by atomic mass is 9.95. The molecule has 2 atom stereocenters. The van der Waals surface area contributed by atoms with E-state index in [1.165, 1.54) is 48.0 Å². The van der Waals surface area contributed by atoms with E-state index in [1.54, 1.807) is 0 Å². The van der Waals surface area contributed by atoms with Gasteiger partial charge >= 0.3 is 0 Å². The number of nitrogens with zero attached hydrogens (tertiary/aromatic N) is 2. The second kappa shape index (κ2) is 15.7. The Morgan fingerprint density at radius 1 is 0.456 bits per heavy atom. The lowest BCUT2D eigenvalue weighted by Gasteiger charge is -2.30. The highest BCUT2D eigenvalue weighted by molar-refractivity contribution is 8.01. The summed E-state index contributed by atoms with van der Waals surface area (Å²) in [5.41, 5.74) is 14.4. The zero-order valence-electron chi connectivity index (χ0n) is 32.6. The molecule has 8 aromatic rings. The largest absolute Gasteiger partial charge is 0.311 e. The average molecular weight is 793 g/mol. The number of thiophene rings is 2. The zero-order chi connectivity index (χ0) is 38.9. The molecule has 9 rings (SSSR count). The number of aryl methyl sites for hydroxylation is 4. The molecule has 0 bridgehead atoms. The van der Waals surface area contributed by atoms with Crippen LogP contribution in [-0.4, -0.2) is 0 Å². The van der Waals surface area contributed by atoms with Crippen LogP contribution in [0.15, 0.2) is 187 Å². The molecule has 3 heterocycles. The highest BCUT2D eigenvalue weighted by Crippen LogP contribution is 2.58. The average Bonchev–Trinajstić information content (AvgIpc) is 4.05. The number of anilines is 6. The third-order valence-corrected chi connectivity index (χ3v) is 14.9. The maximum absolute atomic E-state index is 2.44. The molecule has 57 heavy (non-hydrogen) atoms. The van der Waals surface area contributed by atoms with Gasteiger partial charge in [-0.05, 0) is 135 Å². The Labute approximate surface area is 349 Å². The smallest absolute Gasteiger partial charge is 0.0939 e. The molecule has 5 heteroatoms. The van der Waals surface area contributed by atoms with Crippen LogP contribution >= 0.6 is 34.4 Å². The lowest BCUT2D eigenvalue weighted by Crippen LogP contribution is -2.18. The molecule has 0 spiro atoms. The first-order valence-electron chi connectivity index (χ1n) is 19.4. The van der Waals surface area contributed by atoms with Gasteiger partial charge < -0.3 is 9.80 Å². The highest BCUT2D eigenvalue weighted by Gasteiger charge is 2.40. The minimum atomic E-state index is -0.267. The van der Waals surface area contributed by atoms with Gasteiger partial charge in [-0.15, -0.1) is 34.4 Å². The topological polar surface area (TPSA) is 6.48 Å². The number of thioether (sulfide) groups is 1. The molecule has 0 saturated heterocycles. The second-order valence-corrected chi connectivity index (χ2v) is 18.4. The summed E-state index contributed by atoms with van der Waals surface area (Å²) in [5.74, 6) is 0. The maximum atomic E-state index is 2.44. The van der Waals surface area contributed by atoms with Gasteiger partial charge in [-0.25, -0.2) is 0 Å². The first kappa shape index (κ1) is 37.0. The van der Waals surface area contributed by atoms with Crippen molar-refractivity contribution in [2.75, 3.05) is 9.80 Å². The molecule has 0 N–H and O–H groups in total. The van der Waals surface area contributed by atoms with Crippen LogP contribution in [-0.2, 0) is 4.75 Å². The van der Waals surface area contributed by atoms with E-state index in [0.717, 1.165) is 34.1 Å². The lowest BCUT2D eigenvalue weighted by molar-refractivity contribution is 0.980. The van der Waals surface area contributed by atoms with Gasteiger partial charge in [0.05, 0.1) is 10.00 Å². The van der Waals surface area contributed by atoms with Gasteiger partial charge in [0.2, 0.25) is 0 Å². The molecule has 1 aliphatic heterocycles. The van der Waals surface area contributed by atoms with E-state index >= 15 is 0 Å². The molecule has 2 unspecified atom stereocenters. The summed E-state index contributed by atoms with van der Waals surface area (Å²) < 4.78 is -0.267. The van der Waals surface area contributed by atoms with E-state index in [1.807, 2.05) is 34.4 Å². The second-order valence-electron chi connectivity index (χ2n) is 14.9. The molecule has 280 valence electrons. The Morgan fingerprint density at radius 3 is 1.30 bits per heavy atom. The standard InChI is InChI=1S/C52H44N2S3/c1-36-7-19-42(20-8-36)53(43-21-9-37(2)10-22-43)46-27-15-40(16-28-46)48-31-32-49(56-48)50-33-34-52(57-50,51-6-5-35-55-51)41-17-29-47(30-18-41)54(44-23-11-38(3)12-24-44)45-25-13-39(4)14-26-45/h5-35,50H,1-4H3. The predicted molar refractivity (Wildman–Crippen MR) is 249 cm³/mol. The molecular weight excluding hydrogens is 749 g/mol. The summed E-state index contributed by atoms with van der Waals surface area (Å²) in [4.78, 5) is 8.70. The van der Waals surface area contributed by atoms with Crippen molar-refractivity contribution in [1.82, 2.24) is 0 Å². The van der Waals surface area contributed by atoms with Gasteiger partial charge in [-0.1, -0.05) is 113 Å². The van der Waals surface area contributed by atoms with E-state index in [4.69, 9.17) is 0 Å². The zero-order valence-corrected chi connectivity index (χ0v) is 35.0. The van der Waals surface area contributed by atoms with Crippen LogP contribution in [0.25, 0.3) is 10.4 Å². The molecule has 0 amide bonds. The van der Waals surface area contributed by atoms with Crippen molar-refractivity contribution < 1.29 is 0 Å². The number of benzene rings is 6. The highest BCUT2D eigenvalue weighted by atomic mass is 32.2. The van der Waals surface area contributed by atoms with Crippen molar-refractivity contribution >= 4 is 68.6 Å². The summed E-state index contributed by atoms with van der Waals surface area (Å²) >= 11 is 5.77. The summed E-state index contributed by atoms with van der Waals surface area (Å²) in [6.07, 6.45) is 4.86. The van der Waals surface area contributed by atoms with Gasteiger partial charge in [0, 0.05) is 48.8 Å². The molecule has 2 aromatic heterocycles. The molecule has 0 fully saturated rings. The van der Waals surface area contributed by atoms with Crippen LogP contribution < -0.4 is 9.80 Å². The van der Waals surface area contributed by atoms with Gasteiger partial charge in [0.1, 0.15) is 0 Å². The third kappa shape index (κ3) is 7.51. The Bertz CT molecular complexity index is 2510. The van der Waals surface area contributed by atoms with E-state index < -0.39 is 0 Å². The van der Waals surface area contributed by atoms with E-state index in [9.17, 15) is 0 Å². The van der Waals surface area contributed by atoms with Gasteiger partial charge in [-0.2, -0.15) is 0 Å². The SMILES string of the molecule is Cc1ccc(N(c2ccc(C)cc2)c2ccc(-c3ccc(C4C=CC(c5ccc(N(c6ccc(C)cc6)c6ccc(C)cc6)cc5)(c5cccs5)S4)s3)cc2)cc1. The summed E-state index contributed by atoms with van der Waals surface area (Å²) in [6.45, 7) is 8.55.